The zero-order valence-corrected chi connectivity index (χ0v) is 13.1. The van der Waals surface area contributed by atoms with Crippen LogP contribution in [-0.2, 0) is 22.5 Å². The molecule has 0 radical (unpaired) electrons. The fourth-order valence-electron chi connectivity index (χ4n) is 2.27. The highest BCUT2D eigenvalue weighted by atomic mass is 16.7. The Bertz CT molecular complexity index is 569. The maximum Gasteiger partial charge on any atom is 0.188 e. The van der Waals surface area contributed by atoms with Crippen LogP contribution in [0, 0.1) is 0 Å². The Labute approximate surface area is 131 Å². The third-order valence-electron chi connectivity index (χ3n) is 3.42. The number of hydrogen-bond donors (Lipinski definition) is 1. The third kappa shape index (κ3) is 4.84. The van der Waals surface area contributed by atoms with E-state index in [1.807, 2.05) is 24.3 Å². The fraction of sp³-hybridized carbons (Fsp3) is 0.333. The largest absolute Gasteiger partial charge is 0.468 e. The molecular formula is C18H23NO3. The van der Waals surface area contributed by atoms with Crippen molar-refractivity contribution in [2.75, 3.05) is 21.0 Å². The van der Waals surface area contributed by atoms with Crippen LogP contribution in [0.1, 0.15) is 22.7 Å². The minimum Gasteiger partial charge on any atom is -0.468 e. The molecule has 2 aromatic carbocycles. The van der Waals surface area contributed by atoms with Gasteiger partial charge in [0.05, 0.1) is 6.61 Å². The van der Waals surface area contributed by atoms with E-state index in [4.69, 9.17) is 19.9 Å². The average molecular weight is 301 g/mol. The Morgan fingerprint density at radius 3 is 2.36 bits per heavy atom. The maximum atomic E-state index is 6.31. The molecular weight excluding hydrogens is 278 g/mol. The zero-order chi connectivity index (χ0) is 15.8. The van der Waals surface area contributed by atoms with E-state index >= 15 is 0 Å². The van der Waals surface area contributed by atoms with Gasteiger partial charge in [-0.1, -0.05) is 36.4 Å². The van der Waals surface area contributed by atoms with Crippen LogP contribution in [0.4, 0.5) is 0 Å². The van der Waals surface area contributed by atoms with E-state index in [0.717, 1.165) is 23.3 Å². The first-order valence-corrected chi connectivity index (χ1v) is 7.27. The second kappa shape index (κ2) is 8.54. The van der Waals surface area contributed by atoms with Crippen molar-refractivity contribution in [3.05, 3.63) is 65.2 Å². The molecule has 0 aliphatic carbocycles. The first-order valence-electron chi connectivity index (χ1n) is 7.27. The van der Waals surface area contributed by atoms with E-state index in [-0.39, 0.29) is 12.8 Å². The van der Waals surface area contributed by atoms with Crippen molar-refractivity contribution in [2.45, 2.75) is 19.1 Å². The van der Waals surface area contributed by atoms with E-state index in [1.165, 1.54) is 5.56 Å². The van der Waals surface area contributed by atoms with E-state index in [0.29, 0.717) is 6.61 Å². The molecule has 2 aromatic rings. The lowest BCUT2D eigenvalue weighted by Gasteiger charge is -2.14. The Balaban J connectivity index is 2.00. The number of rotatable bonds is 8. The molecule has 0 spiro atoms. The van der Waals surface area contributed by atoms with E-state index in [9.17, 15) is 0 Å². The molecule has 0 saturated heterocycles. The Morgan fingerprint density at radius 1 is 0.955 bits per heavy atom. The van der Waals surface area contributed by atoms with E-state index in [2.05, 4.69) is 24.3 Å². The maximum absolute atomic E-state index is 6.31. The molecule has 2 rings (SSSR count). The van der Waals surface area contributed by atoms with Gasteiger partial charge in [-0.25, -0.2) is 0 Å². The smallest absolute Gasteiger partial charge is 0.188 e. The predicted molar refractivity (Wildman–Crippen MR) is 86.7 cm³/mol. The summed E-state index contributed by atoms with van der Waals surface area (Å²) in [6, 6.07) is 16.1. The van der Waals surface area contributed by atoms with Crippen LogP contribution in [0.2, 0.25) is 0 Å². The van der Waals surface area contributed by atoms with Gasteiger partial charge in [0.1, 0.15) is 5.75 Å². The Morgan fingerprint density at radius 2 is 1.68 bits per heavy atom. The number of hydrogen-bond acceptors (Lipinski definition) is 4. The second-order valence-corrected chi connectivity index (χ2v) is 5.18. The summed E-state index contributed by atoms with van der Waals surface area (Å²) in [7, 11) is 3.30. The third-order valence-corrected chi connectivity index (χ3v) is 3.42. The molecule has 0 amide bonds. The standard InChI is InChI=1S/C18H23NO3/c1-20-12-15-8-6-14(7-9-15)10-18(19)16-4-3-5-17(11-16)22-13-21-2/h3-9,11,18H,10,12-13,19H2,1-2H3. The number of benzene rings is 2. The summed E-state index contributed by atoms with van der Waals surface area (Å²) in [6.45, 7) is 0.866. The quantitative estimate of drug-likeness (QED) is 0.761. The summed E-state index contributed by atoms with van der Waals surface area (Å²) in [4.78, 5) is 0. The van der Waals surface area contributed by atoms with Gasteiger partial charge in [0.2, 0.25) is 0 Å². The van der Waals surface area contributed by atoms with Gasteiger partial charge in [0.25, 0.3) is 0 Å². The van der Waals surface area contributed by atoms with Gasteiger partial charge in [0, 0.05) is 20.3 Å². The van der Waals surface area contributed by atoms with Gasteiger partial charge in [0.15, 0.2) is 6.79 Å². The van der Waals surface area contributed by atoms with E-state index in [1.54, 1.807) is 14.2 Å². The first kappa shape index (κ1) is 16.5. The number of ether oxygens (including phenoxy) is 3. The van der Waals surface area contributed by atoms with Gasteiger partial charge in [-0.3, -0.25) is 0 Å². The summed E-state index contributed by atoms with van der Waals surface area (Å²) < 4.78 is 15.5. The molecule has 4 nitrogen and oxygen atoms in total. The van der Waals surface area contributed by atoms with Crippen molar-refractivity contribution >= 4 is 0 Å². The zero-order valence-electron chi connectivity index (χ0n) is 13.1. The highest BCUT2D eigenvalue weighted by Crippen LogP contribution is 2.21. The minimum atomic E-state index is -0.0700. The van der Waals surface area contributed by atoms with Crippen LogP contribution < -0.4 is 10.5 Å². The summed E-state index contributed by atoms with van der Waals surface area (Å²) in [6.07, 6.45) is 0.779. The van der Waals surface area contributed by atoms with Crippen LogP contribution in [0.15, 0.2) is 48.5 Å². The summed E-state index contributed by atoms with van der Waals surface area (Å²) >= 11 is 0. The van der Waals surface area contributed by atoms with Gasteiger partial charge >= 0.3 is 0 Å². The molecule has 22 heavy (non-hydrogen) atoms. The van der Waals surface area contributed by atoms with E-state index < -0.39 is 0 Å². The van der Waals surface area contributed by atoms with Crippen molar-refractivity contribution in [3.8, 4) is 5.75 Å². The molecule has 0 bridgehead atoms. The monoisotopic (exact) mass is 301 g/mol. The lowest BCUT2D eigenvalue weighted by molar-refractivity contribution is 0.0510. The van der Waals surface area contributed by atoms with Crippen molar-refractivity contribution in [1.82, 2.24) is 0 Å². The molecule has 0 heterocycles. The van der Waals surface area contributed by atoms with Crippen LogP contribution in [-0.4, -0.2) is 21.0 Å². The minimum absolute atomic E-state index is 0.0700. The Kier molecular flexibility index (Phi) is 6.40. The Hall–Kier alpha value is -1.88. The van der Waals surface area contributed by atoms with Gasteiger partial charge in [-0.15, -0.1) is 0 Å². The first-order chi connectivity index (χ1) is 10.7. The van der Waals surface area contributed by atoms with Crippen LogP contribution in [0.3, 0.4) is 0 Å². The molecule has 0 saturated carbocycles. The average Bonchev–Trinajstić information content (AvgIpc) is 2.55. The van der Waals surface area contributed by atoms with Gasteiger partial charge < -0.3 is 19.9 Å². The van der Waals surface area contributed by atoms with Crippen LogP contribution in [0.5, 0.6) is 5.75 Å². The lowest BCUT2D eigenvalue weighted by Crippen LogP contribution is -2.13. The SMILES string of the molecule is COCOc1cccc(C(N)Cc2ccc(COC)cc2)c1. The number of nitrogens with two attached hydrogens (primary N) is 1. The molecule has 1 atom stereocenters. The molecule has 1 unspecified atom stereocenters. The molecule has 0 aromatic heterocycles. The highest BCUT2D eigenvalue weighted by molar-refractivity contribution is 5.32. The lowest BCUT2D eigenvalue weighted by atomic mass is 9.99. The molecule has 4 heteroatoms. The van der Waals surface area contributed by atoms with Crippen molar-refractivity contribution in [3.63, 3.8) is 0 Å². The molecule has 118 valence electrons. The van der Waals surface area contributed by atoms with Crippen LogP contribution in [0.25, 0.3) is 0 Å². The number of methoxy groups -OCH3 is 2. The van der Waals surface area contributed by atoms with Crippen molar-refractivity contribution < 1.29 is 14.2 Å². The molecule has 2 N–H and O–H groups in total. The van der Waals surface area contributed by atoms with Gasteiger partial charge in [-0.2, -0.15) is 0 Å². The van der Waals surface area contributed by atoms with Gasteiger partial charge in [-0.05, 0) is 35.2 Å². The highest BCUT2D eigenvalue weighted by Gasteiger charge is 2.08. The van der Waals surface area contributed by atoms with Crippen LogP contribution >= 0.6 is 0 Å². The summed E-state index contributed by atoms with van der Waals surface area (Å²) in [5.74, 6) is 0.769. The molecule has 0 fully saturated rings. The fourth-order valence-corrected chi connectivity index (χ4v) is 2.27. The summed E-state index contributed by atoms with van der Waals surface area (Å²) in [5.41, 5.74) is 9.73. The topological polar surface area (TPSA) is 53.7 Å². The molecule has 0 aliphatic heterocycles. The summed E-state index contributed by atoms with van der Waals surface area (Å²) in [5, 5.41) is 0. The van der Waals surface area contributed by atoms with Crippen molar-refractivity contribution in [1.29, 1.82) is 0 Å². The normalized spacial score (nSPS) is 12.1. The molecule has 0 aliphatic rings. The van der Waals surface area contributed by atoms with Crippen molar-refractivity contribution in [2.24, 2.45) is 5.73 Å². The predicted octanol–water partition coefficient (Wildman–Crippen LogP) is 3.06. The second-order valence-electron chi connectivity index (χ2n) is 5.18.